The summed E-state index contributed by atoms with van der Waals surface area (Å²) in [5, 5.41) is 0.207. The average Bonchev–Trinajstić information content (AvgIpc) is 2.39. The molecule has 0 radical (unpaired) electrons. The Morgan fingerprint density at radius 1 is 1.14 bits per heavy atom. The van der Waals surface area contributed by atoms with Crippen molar-refractivity contribution in [2.45, 2.75) is 19.5 Å². The Balaban J connectivity index is 2.33. The molecular weight excluding hydrogens is 328 g/mol. The van der Waals surface area contributed by atoms with Crippen molar-refractivity contribution in [1.82, 2.24) is 9.97 Å². The molecule has 2 rings (SSSR count). The quantitative estimate of drug-likeness (QED) is 0.726. The van der Waals surface area contributed by atoms with Crippen molar-refractivity contribution in [3.05, 3.63) is 45.8 Å². The van der Waals surface area contributed by atoms with Crippen LogP contribution in [0.15, 0.2) is 24.3 Å². The van der Waals surface area contributed by atoms with Crippen LogP contribution < -0.4 is 4.74 Å². The maximum Gasteiger partial charge on any atom is 0.451 e. The molecule has 8 heteroatoms. The smallest absolute Gasteiger partial charge is 0.439 e. The van der Waals surface area contributed by atoms with E-state index in [2.05, 4.69) is 9.97 Å². The number of hydrogen-bond acceptors (Lipinski definition) is 3. The number of aryl methyl sites for hydroxylation is 1. The Labute approximate surface area is 128 Å². The Morgan fingerprint density at radius 3 is 2.48 bits per heavy atom. The van der Waals surface area contributed by atoms with Gasteiger partial charge in [-0.2, -0.15) is 18.2 Å². The molecule has 0 fully saturated rings. The zero-order valence-electron chi connectivity index (χ0n) is 10.7. The number of aromatic nitrogens is 2. The average molecular weight is 337 g/mol. The lowest BCUT2D eigenvalue weighted by molar-refractivity contribution is -0.145. The molecule has 0 saturated carbocycles. The fourth-order valence-corrected chi connectivity index (χ4v) is 2.01. The second kappa shape index (κ2) is 6.07. The van der Waals surface area contributed by atoms with Gasteiger partial charge in [0.1, 0.15) is 10.9 Å². The van der Waals surface area contributed by atoms with Gasteiger partial charge in [-0.15, -0.1) is 0 Å². The minimum Gasteiger partial charge on any atom is -0.439 e. The van der Waals surface area contributed by atoms with Gasteiger partial charge in [0.05, 0.1) is 0 Å². The number of rotatable bonds is 3. The highest BCUT2D eigenvalue weighted by atomic mass is 35.5. The van der Waals surface area contributed by atoms with E-state index in [1.54, 1.807) is 12.1 Å². The molecule has 112 valence electrons. The van der Waals surface area contributed by atoms with Crippen LogP contribution >= 0.6 is 23.2 Å². The molecule has 0 unspecified atom stereocenters. The molecule has 0 bridgehead atoms. The van der Waals surface area contributed by atoms with Crippen molar-refractivity contribution < 1.29 is 17.9 Å². The minimum absolute atomic E-state index is 0.285. The fraction of sp³-hybridized carbons (Fsp3) is 0.231. The van der Waals surface area contributed by atoms with Crippen LogP contribution in [0, 0.1) is 0 Å². The molecule has 3 nitrogen and oxygen atoms in total. The van der Waals surface area contributed by atoms with E-state index in [1.807, 2.05) is 6.92 Å². The van der Waals surface area contributed by atoms with Gasteiger partial charge in [0.15, 0.2) is 0 Å². The van der Waals surface area contributed by atoms with Crippen LogP contribution in [0.5, 0.6) is 11.6 Å². The van der Waals surface area contributed by atoms with Gasteiger partial charge in [-0.05, 0) is 30.2 Å². The maximum absolute atomic E-state index is 12.6. The van der Waals surface area contributed by atoms with Crippen molar-refractivity contribution in [2.24, 2.45) is 0 Å². The molecule has 2 aromatic rings. The molecule has 21 heavy (non-hydrogen) atoms. The van der Waals surface area contributed by atoms with Gasteiger partial charge < -0.3 is 4.74 Å². The van der Waals surface area contributed by atoms with E-state index in [4.69, 9.17) is 27.9 Å². The summed E-state index contributed by atoms with van der Waals surface area (Å²) < 4.78 is 43.1. The van der Waals surface area contributed by atoms with Gasteiger partial charge in [0, 0.05) is 11.1 Å². The van der Waals surface area contributed by atoms with Gasteiger partial charge in [-0.25, -0.2) is 4.98 Å². The van der Waals surface area contributed by atoms with Crippen LogP contribution in [0.4, 0.5) is 13.2 Å². The summed E-state index contributed by atoms with van der Waals surface area (Å²) in [6.07, 6.45) is -4.04. The van der Waals surface area contributed by atoms with Crippen LogP contribution in [0.3, 0.4) is 0 Å². The first-order valence-electron chi connectivity index (χ1n) is 5.87. The molecule has 0 aliphatic rings. The van der Waals surface area contributed by atoms with Crippen LogP contribution in [0.2, 0.25) is 10.2 Å². The maximum atomic E-state index is 12.6. The molecule has 0 atom stereocenters. The summed E-state index contributed by atoms with van der Waals surface area (Å²) in [7, 11) is 0. The molecule has 1 heterocycles. The lowest BCUT2D eigenvalue weighted by Gasteiger charge is -2.10. The molecule has 1 aromatic heterocycles. The summed E-state index contributed by atoms with van der Waals surface area (Å²) in [5.41, 5.74) is 0.811. The Hall–Kier alpha value is -1.53. The number of ether oxygens (including phenoxy) is 1. The number of alkyl halides is 3. The number of halogens is 5. The van der Waals surface area contributed by atoms with E-state index >= 15 is 0 Å². The lowest BCUT2D eigenvalue weighted by atomic mass is 10.1. The monoisotopic (exact) mass is 336 g/mol. The van der Waals surface area contributed by atoms with Crippen LogP contribution in [-0.4, -0.2) is 9.97 Å². The number of benzene rings is 1. The summed E-state index contributed by atoms with van der Waals surface area (Å²) in [6, 6.07) is 5.87. The Morgan fingerprint density at radius 2 is 1.86 bits per heavy atom. The van der Waals surface area contributed by atoms with E-state index in [9.17, 15) is 13.2 Å². The lowest BCUT2D eigenvalue weighted by Crippen LogP contribution is -2.11. The highest BCUT2D eigenvalue weighted by Gasteiger charge is 2.35. The second-order valence-electron chi connectivity index (χ2n) is 4.06. The molecule has 0 aliphatic carbocycles. The first kappa shape index (κ1) is 15.9. The third kappa shape index (κ3) is 3.98. The number of hydrogen-bond donors (Lipinski definition) is 0. The molecule has 1 aromatic carbocycles. The van der Waals surface area contributed by atoms with Crippen molar-refractivity contribution in [1.29, 1.82) is 0 Å². The van der Waals surface area contributed by atoms with E-state index in [-0.39, 0.29) is 11.0 Å². The molecule has 0 spiro atoms. The van der Waals surface area contributed by atoms with Crippen molar-refractivity contribution in [2.75, 3.05) is 0 Å². The SMILES string of the molecule is CCc1cc(Oc2cc(Cl)nc(C(F)(F)F)n2)ccc1Cl. The van der Waals surface area contributed by atoms with Crippen LogP contribution in [-0.2, 0) is 12.6 Å². The molecule has 0 N–H and O–H groups in total. The molecule has 0 saturated heterocycles. The van der Waals surface area contributed by atoms with Crippen molar-refractivity contribution >= 4 is 23.2 Å². The van der Waals surface area contributed by atoms with Gasteiger partial charge in [0.25, 0.3) is 0 Å². The van der Waals surface area contributed by atoms with Gasteiger partial charge in [0.2, 0.25) is 11.7 Å². The van der Waals surface area contributed by atoms with Crippen molar-refractivity contribution in [3.63, 3.8) is 0 Å². The second-order valence-corrected chi connectivity index (χ2v) is 4.85. The molecular formula is C13H9Cl2F3N2O. The van der Waals surface area contributed by atoms with Gasteiger partial charge in [-0.1, -0.05) is 30.1 Å². The Kier molecular flexibility index (Phi) is 4.58. The third-order valence-electron chi connectivity index (χ3n) is 2.55. The van der Waals surface area contributed by atoms with E-state index in [1.165, 1.54) is 6.07 Å². The van der Waals surface area contributed by atoms with Crippen LogP contribution in [0.1, 0.15) is 18.3 Å². The highest BCUT2D eigenvalue weighted by Crippen LogP contribution is 2.31. The third-order valence-corrected chi connectivity index (χ3v) is 3.11. The van der Waals surface area contributed by atoms with Crippen LogP contribution in [0.25, 0.3) is 0 Å². The number of nitrogens with zero attached hydrogens (tertiary/aromatic N) is 2. The Bertz CT molecular complexity index is 662. The van der Waals surface area contributed by atoms with Gasteiger partial charge >= 0.3 is 6.18 Å². The van der Waals surface area contributed by atoms with E-state index in [0.717, 1.165) is 11.6 Å². The molecule has 0 amide bonds. The normalized spacial score (nSPS) is 11.5. The van der Waals surface area contributed by atoms with Crippen molar-refractivity contribution in [3.8, 4) is 11.6 Å². The predicted octanol–water partition coefficient (Wildman–Crippen LogP) is 5.16. The summed E-state index contributed by atoms with van der Waals surface area (Å²) in [6.45, 7) is 1.90. The van der Waals surface area contributed by atoms with Gasteiger partial charge in [-0.3, -0.25) is 0 Å². The summed E-state index contributed by atoms with van der Waals surface area (Å²) in [5.74, 6) is -1.32. The first-order chi connectivity index (χ1) is 9.79. The topological polar surface area (TPSA) is 35.0 Å². The van der Waals surface area contributed by atoms with E-state index in [0.29, 0.717) is 17.2 Å². The fourth-order valence-electron chi connectivity index (χ4n) is 1.58. The zero-order chi connectivity index (χ0) is 15.6. The summed E-state index contributed by atoms with van der Waals surface area (Å²) in [4.78, 5) is 6.43. The molecule has 0 aliphatic heterocycles. The summed E-state index contributed by atoms with van der Waals surface area (Å²) >= 11 is 11.5. The predicted molar refractivity (Wildman–Crippen MR) is 72.9 cm³/mol. The zero-order valence-corrected chi connectivity index (χ0v) is 12.2. The first-order valence-corrected chi connectivity index (χ1v) is 6.63. The minimum atomic E-state index is -4.70. The highest BCUT2D eigenvalue weighted by molar-refractivity contribution is 6.31. The standard InChI is InChI=1S/C13H9Cl2F3N2O/c1-2-7-5-8(3-4-9(7)14)21-11-6-10(15)19-12(20-11)13(16,17)18/h3-6H,2H2,1H3. The largest absolute Gasteiger partial charge is 0.451 e. The van der Waals surface area contributed by atoms with E-state index < -0.39 is 12.0 Å².